The number of carbonyl (C=O) groups is 1. The van der Waals surface area contributed by atoms with Gasteiger partial charge in [0.15, 0.2) is 5.78 Å². The number of carbonyl (C=O) groups excluding carboxylic acids is 1. The van der Waals surface area contributed by atoms with Crippen molar-refractivity contribution in [3.8, 4) is 0 Å². The van der Waals surface area contributed by atoms with Gasteiger partial charge >= 0.3 is 0 Å². The molecule has 0 aliphatic heterocycles. The molecule has 1 aromatic carbocycles. The third kappa shape index (κ3) is 3.69. The Bertz CT molecular complexity index is 441. The van der Waals surface area contributed by atoms with Crippen LogP contribution in [0.15, 0.2) is 24.3 Å². The summed E-state index contributed by atoms with van der Waals surface area (Å²) in [5.41, 5.74) is 2.16. The zero-order valence-electron chi connectivity index (χ0n) is 12.8. The van der Waals surface area contributed by atoms with Crippen molar-refractivity contribution >= 4 is 5.78 Å². The van der Waals surface area contributed by atoms with E-state index >= 15 is 0 Å². The highest BCUT2D eigenvalue weighted by atomic mass is 16.1. The standard InChI is InChI=1S/C18H27NO/c1-3-14-7-6-9-16(13-14)18(20)17-10-5-4-8-15(17)11-12-19-2/h4-5,8,10,14,16,19H,3,6-7,9,11-13H2,1-2H3. The molecule has 0 heterocycles. The Morgan fingerprint density at radius 2 is 2.10 bits per heavy atom. The van der Waals surface area contributed by atoms with Gasteiger partial charge in [-0.1, -0.05) is 50.5 Å². The molecule has 0 saturated heterocycles. The van der Waals surface area contributed by atoms with E-state index in [0.29, 0.717) is 5.78 Å². The Kier molecular flexibility index (Phi) is 5.78. The summed E-state index contributed by atoms with van der Waals surface area (Å²) >= 11 is 0. The minimum Gasteiger partial charge on any atom is -0.319 e. The second-order valence-corrected chi connectivity index (χ2v) is 6.01. The lowest BCUT2D eigenvalue weighted by molar-refractivity contribution is 0.0861. The predicted octanol–water partition coefficient (Wildman–Crippen LogP) is 3.85. The minimum absolute atomic E-state index is 0.254. The summed E-state index contributed by atoms with van der Waals surface area (Å²) in [6.07, 6.45) is 6.84. The van der Waals surface area contributed by atoms with Crippen LogP contribution in [0.5, 0.6) is 0 Å². The fourth-order valence-electron chi connectivity index (χ4n) is 3.36. The van der Waals surface area contributed by atoms with Gasteiger partial charge in [0.05, 0.1) is 0 Å². The van der Waals surface area contributed by atoms with Crippen LogP contribution in [0, 0.1) is 11.8 Å². The molecule has 0 spiro atoms. The van der Waals surface area contributed by atoms with E-state index in [9.17, 15) is 4.79 Å². The molecule has 2 unspecified atom stereocenters. The molecule has 0 bridgehead atoms. The number of hydrogen-bond donors (Lipinski definition) is 1. The van der Waals surface area contributed by atoms with Gasteiger partial charge in [-0.05, 0) is 44.3 Å². The van der Waals surface area contributed by atoms with Crippen LogP contribution < -0.4 is 5.32 Å². The lowest BCUT2D eigenvalue weighted by Gasteiger charge is -2.28. The van der Waals surface area contributed by atoms with Crippen LogP contribution in [0.4, 0.5) is 0 Å². The van der Waals surface area contributed by atoms with Crippen LogP contribution in [0.3, 0.4) is 0 Å². The van der Waals surface area contributed by atoms with Gasteiger partial charge in [-0.25, -0.2) is 0 Å². The van der Waals surface area contributed by atoms with E-state index in [1.54, 1.807) is 0 Å². The largest absolute Gasteiger partial charge is 0.319 e. The topological polar surface area (TPSA) is 29.1 Å². The molecule has 0 amide bonds. The summed E-state index contributed by atoms with van der Waals surface area (Å²) in [4.78, 5) is 12.8. The monoisotopic (exact) mass is 273 g/mol. The Labute approximate surface area is 123 Å². The van der Waals surface area contributed by atoms with Crippen molar-refractivity contribution in [1.29, 1.82) is 0 Å². The highest BCUT2D eigenvalue weighted by molar-refractivity contribution is 5.99. The van der Waals surface area contributed by atoms with Gasteiger partial charge < -0.3 is 5.32 Å². The van der Waals surface area contributed by atoms with Crippen LogP contribution in [-0.4, -0.2) is 19.4 Å². The molecule has 20 heavy (non-hydrogen) atoms. The first-order chi connectivity index (χ1) is 9.76. The van der Waals surface area contributed by atoms with Gasteiger partial charge in [0.2, 0.25) is 0 Å². The van der Waals surface area contributed by atoms with Gasteiger partial charge in [-0.2, -0.15) is 0 Å². The van der Waals surface area contributed by atoms with Crippen LogP contribution in [0.2, 0.25) is 0 Å². The van der Waals surface area contributed by atoms with Gasteiger partial charge in [0.1, 0.15) is 0 Å². The second kappa shape index (κ2) is 7.58. The number of likely N-dealkylation sites (N-methyl/N-ethyl adjacent to an activating group) is 1. The summed E-state index contributed by atoms with van der Waals surface area (Å²) in [6.45, 7) is 3.17. The molecule has 2 atom stereocenters. The number of Topliss-reactive ketones (excluding diaryl/α,β-unsaturated/α-hetero) is 1. The summed E-state index contributed by atoms with van der Waals surface area (Å²) < 4.78 is 0. The second-order valence-electron chi connectivity index (χ2n) is 6.01. The molecule has 1 saturated carbocycles. The molecule has 1 aliphatic carbocycles. The highest BCUT2D eigenvalue weighted by Crippen LogP contribution is 2.33. The molecular formula is C18H27NO. The van der Waals surface area contributed by atoms with Crippen molar-refractivity contribution in [2.24, 2.45) is 11.8 Å². The SMILES string of the molecule is CCC1CCCC(C(=O)c2ccccc2CCNC)C1. The van der Waals surface area contributed by atoms with Crippen molar-refractivity contribution in [3.05, 3.63) is 35.4 Å². The minimum atomic E-state index is 0.254. The van der Waals surface area contributed by atoms with Crippen molar-refractivity contribution in [3.63, 3.8) is 0 Å². The first-order valence-electron chi connectivity index (χ1n) is 8.03. The quantitative estimate of drug-likeness (QED) is 0.798. The Hall–Kier alpha value is -1.15. The van der Waals surface area contributed by atoms with Crippen LogP contribution in [0.1, 0.15) is 54.9 Å². The van der Waals surface area contributed by atoms with Crippen LogP contribution >= 0.6 is 0 Å². The zero-order chi connectivity index (χ0) is 14.4. The summed E-state index contributed by atoms with van der Waals surface area (Å²) in [7, 11) is 1.96. The number of rotatable bonds is 6. The molecule has 2 heteroatoms. The first-order valence-corrected chi connectivity index (χ1v) is 8.03. The van der Waals surface area contributed by atoms with Crippen molar-refractivity contribution < 1.29 is 4.79 Å². The molecule has 0 aromatic heterocycles. The normalized spacial score (nSPS) is 22.7. The molecule has 1 aliphatic rings. The average molecular weight is 273 g/mol. The summed E-state index contributed by atoms with van der Waals surface area (Å²) in [5, 5.41) is 3.17. The average Bonchev–Trinajstić information content (AvgIpc) is 2.52. The van der Waals surface area contributed by atoms with Gasteiger partial charge in [-0.3, -0.25) is 4.79 Å². The molecule has 1 N–H and O–H groups in total. The Balaban J connectivity index is 2.11. The Morgan fingerprint density at radius 1 is 1.30 bits per heavy atom. The van der Waals surface area contributed by atoms with Gasteiger partial charge in [0.25, 0.3) is 0 Å². The maximum absolute atomic E-state index is 12.8. The van der Waals surface area contributed by atoms with E-state index in [0.717, 1.165) is 37.3 Å². The predicted molar refractivity (Wildman–Crippen MR) is 84.1 cm³/mol. The van der Waals surface area contributed by atoms with E-state index in [4.69, 9.17) is 0 Å². The molecule has 1 fully saturated rings. The first kappa shape index (κ1) is 15.2. The molecule has 0 radical (unpaired) electrons. The molecular weight excluding hydrogens is 246 g/mol. The summed E-state index contributed by atoms with van der Waals surface area (Å²) in [6, 6.07) is 8.15. The molecule has 110 valence electrons. The fourth-order valence-corrected chi connectivity index (χ4v) is 3.36. The molecule has 2 rings (SSSR count). The fraction of sp³-hybridized carbons (Fsp3) is 0.611. The summed E-state index contributed by atoms with van der Waals surface area (Å²) in [5.74, 6) is 1.39. The number of hydrogen-bond acceptors (Lipinski definition) is 2. The maximum atomic E-state index is 12.8. The van der Waals surface area contributed by atoms with Crippen LogP contribution in [0.25, 0.3) is 0 Å². The van der Waals surface area contributed by atoms with Crippen molar-refractivity contribution in [2.45, 2.75) is 45.4 Å². The number of nitrogens with one attached hydrogen (secondary N) is 1. The van der Waals surface area contributed by atoms with Crippen molar-refractivity contribution in [1.82, 2.24) is 5.32 Å². The Morgan fingerprint density at radius 3 is 2.85 bits per heavy atom. The highest BCUT2D eigenvalue weighted by Gasteiger charge is 2.27. The van der Waals surface area contributed by atoms with E-state index in [1.807, 2.05) is 25.2 Å². The van der Waals surface area contributed by atoms with Gasteiger partial charge in [-0.15, -0.1) is 0 Å². The van der Waals surface area contributed by atoms with Crippen LogP contribution in [-0.2, 0) is 6.42 Å². The zero-order valence-corrected chi connectivity index (χ0v) is 12.8. The van der Waals surface area contributed by atoms with E-state index in [2.05, 4.69) is 18.3 Å². The third-order valence-electron chi connectivity index (χ3n) is 4.66. The lowest BCUT2D eigenvalue weighted by atomic mass is 9.76. The third-order valence-corrected chi connectivity index (χ3v) is 4.66. The number of ketones is 1. The van der Waals surface area contributed by atoms with E-state index in [1.165, 1.54) is 24.8 Å². The van der Waals surface area contributed by atoms with E-state index < -0.39 is 0 Å². The van der Waals surface area contributed by atoms with E-state index in [-0.39, 0.29) is 5.92 Å². The van der Waals surface area contributed by atoms with Crippen molar-refractivity contribution in [2.75, 3.05) is 13.6 Å². The lowest BCUT2D eigenvalue weighted by Crippen LogP contribution is -2.24. The molecule has 2 nitrogen and oxygen atoms in total. The number of benzene rings is 1. The smallest absolute Gasteiger partial charge is 0.166 e. The molecule has 1 aromatic rings. The van der Waals surface area contributed by atoms with Gasteiger partial charge in [0, 0.05) is 11.5 Å². The maximum Gasteiger partial charge on any atom is 0.166 e.